The number of sulfone groups is 1. The lowest BCUT2D eigenvalue weighted by atomic mass is 10.1. The lowest BCUT2D eigenvalue weighted by molar-refractivity contribution is 0.603. The third kappa shape index (κ3) is 5.52. The fourth-order valence-electron chi connectivity index (χ4n) is 1.32. The highest BCUT2D eigenvalue weighted by Crippen LogP contribution is 2.17. The van der Waals surface area contributed by atoms with Gasteiger partial charge in [0, 0.05) is 24.3 Å². The molecule has 1 rings (SSSR count). The lowest BCUT2D eigenvalue weighted by Gasteiger charge is -2.07. The van der Waals surface area contributed by atoms with Gasteiger partial charge in [-0.2, -0.15) is 11.8 Å². The highest BCUT2D eigenvalue weighted by atomic mass is 32.2. The van der Waals surface area contributed by atoms with Crippen LogP contribution in [-0.2, 0) is 22.1 Å². The van der Waals surface area contributed by atoms with Gasteiger partial charge in [0.05, 0.1) is 5.75 Å². The summed E-state index contributed by atoms with van der Waals surface area (Å²) in [6.45, 7) is 0.291. The summed E-state index contributed by atoms with van der Waals surface area (Å²) < 4.78 is 34.8. The Morgan fingerprint density at radius 3 is 2.65 bits per heavy atom. The molecule has 1 aromatic rings. The molecule has 3 nitrogen and oxygen atoms in total. The van der Waals surface area contributed by atoms with Crippen molar-refractivity contribution >= 4 is 21.6 Å². The van der Waals surface area contributed by atoms with Crippen LogP contribution in [0, 0.1) is 5.82 Å². The highest BCUT2D eigenvalue weighted by Gasteiger charge is 2.05. The van der Waals surface area contributed by atoms with Crippen molar-refractivity contribution in [1.82, 2.24) is 0 Å². The van der Waals surface area contributed by atoms with E-state index in [9.17, 15) is 12.8 Å². The fourth-order valence-corrected chi connectivity index (χ4v) is 3.65. The molecule has 6 heteroatoms. The molecule has 0 aliphatic rings. The summed E-state index contributed by atoms with van der Waals surface area (Å²) in [5, 5.41) is 0. The van der Waals surface area contributed by atoms with Crippen LogP contribution < -0.4 is 5.73 Å². The molecule has 0 unspecified atom stereocenters. The number of halogens is 1. The second-order valence-corrected chi connectivity index (χ2v) is 7.16. The Balaban J connectivity index is 2.52. The van der Waals surface area contributed by atoms with Crippen LogP contribution in [0.5, 0.6) is 0 Å². The van der Waals surface area contributed by atoms with Gasteiger partial charge in [0.25, 0.3) is 0 Å². The monoisotopic (exact) mass is 277 g/mol. The Hall–Kier alpha value is -0.590. The molecule has 1 aromatic carbocycles. The number of thioether (sulfide) groups is 1. The van der Waals surface area contributed by atoms with Crippen LogP contribution >= 0.6 is 11.8 Å². The van der Waals surface area contributed by atoms with E-state index < -0.39 is 9.84 Å². The second kappa shape index (κ2) is 6.37. The van der Waals surface area contributed by atoms with E-state index in [-0.39, 0.29) is 11.6 Å². The number of rotatable bonds is 6. The second-order valence-electron chi connectivity index (χ2n) is 3.80. The predicted molar refractivity (Wildman–Crippen MR) is 70.2 cm³/mol. The van der Waals surface area contributed by atoms with E-state index in [1.165, 1.54) is 30.2 Å². The number of hydrogen-bond acceptors (Lipinski definition) is 4. The quantitative estimate of drug-likeness (QED) is 0.802. The average molecular weight is 277 g/mol. The van der Waals surface area contributed by atoms with E-state index in [0.717, 1.165) is 11.1 Å². The maximum atomic E-state index is 12.9. The SMILES string of the molecule is CS(=O)(=O)CCSCc1ccc(F)cc1CN. The largest absolute Gasteiger partial charge is 0.326 e. The molecule has 0 heterocycles. The Morgan fingerprint density at radius 1 is 1.35 bits per heavy atom. The van der Waals surface area contributed by atoms with Crippen molar-refractivity contribution in [1.29, 1.82) is 0 Å². The first-order valence-electron chi connectivity index (χ1n) is 5.15. The highest BCUT2D eigenvalue weighted by molar-refractivity contribution is 7.99. The van der Waals surface area contributed by atoms with E-state index in [1.54, 1.807) is 6.07 Å². The minimum atomic E-state index is -2.91. The summed E-state index contributed by atoms with van der Waals surface area (Å²) in [7, 11) is -2.91. The van der Waals surface area contributed by atoms with Gasteiger partial charge >= 0.3 is 0 Å². The van der Waals surface area contributed by atoms with E-state index in [4.69, 9.17) is 5.73 Å². The minimum absolute atomic E-state index is 0.164. The topological polar surface area (TPSA) is 60.2 Å². The normalized spacial score (nSPS) is 11.7. The molecule has 0 spiro atoms. The van der Waals surface area contributed by atoms with Crippen molar-refractivity contribution in [3.63, 3.8) is 0 Å². The van der Waals surface area contributed by atoms with E-state index in [1.807, 2.05) is 0 Å². The molecule has 17 heavy (non-hydrogen) atoms. The van der Waals surface area contributed by atoms with Gasteiger partial charge in [0.1, 0.15) is 15.7 Å². The Kier molecular flexibility index (Phi) is 5.42. The van der Waals surface area contributed by atoms with Gasteiger partial charge in [-0.05, 0) is 23.3 Å². The van der Waals surface area contributed by atoms with Gasteiger partial charge in [-0.15, -0.1) is 0 Å². The average Bonchev–Trinajstić information content (AvgIpc) is 2.24. The summed E-state index contributed by atoms with van der Waals surface area (Å²) in [4.78, 5) is 0. The van der Waals surface area contributed by atoms with Gasteiger partial charge in [0.15, 0.2) is 0 Å². The molecule has 0 saturated carbocycles. The molecule has 0 amide bonds. The molecule has 0 fully saturated rings. The van der Waals surface area contributed by atoms with Crippen LogP contribution in [0.25, 0.3) is 0 Å². The van der Waals surface area contributed by atoms with Crippen molar-refractivity contribution in [3.05, 3.63) is 35.1 Å². The molecule has 0 saturated heterocycles. The first-order chi connectivity index (χ1) is 7.92. The Morgan fingerprint density at radius 2 is 2.06 bits per heavy atom. The standard InChI is InChI=1S/C11H16FNO2S2/c1-17(14,15)5-4-16-8-9-2-3-11(12)6-10(9)7-13/h2-3,6H,4-5,7-8,13H2,1H3. The smallest absolute Gasteiger partial charge is 0.148 e. The van der Waals surface area contributed by atoms with Crippen molar-refractivity contribution in [2.24, 2.45) is 5.73 Å². The molecule has 0 bridgehead atoms. The summed E-state index contributed by atoms with van der Waals surface area (Å²) >= 11 is 1.51. The Labute approximate surface area is 106 Å². The van der Waals surface area contributed by atoms with E-state index >= 15 is 0 Å². The zero-order valence-electron chi connectivity index (χ0n) is 9.65. The molecular weight excluding hydrogens is 261 g/mol. The zero-order valence-corrected chi connectivity index (χ0v) is 11.3. The summed E-state index contributed by atoms with van der Waals surface area (Å²) in [6, 6.07) is 4.52. The van der Waals surface area contributed by atoms with Crippen LogP contribution in [0.4, 0.5) is 4.39 Å². The van der Waals surface area contributed by atoms with E-state index in [2.05, 4.69) is 0 Å². The van der Waals surface area contributed by atoms with Crippen LogP contribution in [-0.4, -0.2) is 26.2 Å². The maximum absolute atomic E-state index is 12.9. The zero-order chi connectivity index (χ0) is 12.9. The van der Waals surface area contributed by atoms with Crippen molar-refractivity contribution in [3.8, 4) is 0 Å². The van der Waals surface area contributed by atoms with E-state index in [0.29, 0.717) is 18.1 Å². The molecule has 0 aliphatic heterocycles. The fraction of sp³-hybridized carbons (Fsp3) is 0.455. The van der Waals surface area contributed by atoms with Crippen LogP contribution in [0.15, 0.2) is 18.2 Å². The molecule has 2 N–H and O–H groups in total. The Bertz CT molecular complexity index is 474. The third-order valence-corrected chi connectivity index (χ3v) is 4.46. The van der Waals surface area contributed by atoms with Crippen molar-refractivity contribution < 1.29 is 12.8 Å². The molecular formula is C11H16FNO2S2. The number of benzene rings is 1. The van der Waals surface area contributed by atoms with Gasteiger partial charge in [0.2, 0.25) is 0 Å². The number of hydrogen-bond donors (Lipinski definition) is 1. The molecule has 0 aromatic heterocycles. The number of nitrogens with two attached hydrogens (primary N) is 1. The molecule has 0 atom stereocenters. The summed E-state index contributed by atoms with van der Waals surface area (Å²) in [5.74, 6) is 1.06. The molecule has 96 valence electrons. The van der Waals surface area contributed by atoms with Crippen LogP contribution in [0.1, 0.15) is 11.1 Å². The predicted octanol–water partition coefficient (Wildman–Crippen LogP) is 1.56. The summed E-state index contributed by atoms with van der Waals surface area (Å²) in [6.07, 6.45) is 1.22. The lowest BCUT2D eigenvalue weighted by Crippen LogP contribution is -2.06. The van der Waals surface area contributed by atoms with Gasteiger partial charge < -0.3 is 5.73 Å². The van der Waals surface area contributed by atoms with Gasteiger partial charge in [-0.25, -0.2) is 12.8 Å². The van der Waals surface area contributed by atoms with Crippen LogP contribution in [0.2, 0.25) is 0 Å². The molecule has 0 radical (unpaired) electrons. The van der Waals surface area contributed by atoms with Gasteiger partial charge in [-0.1, -0.05) is 6.07 Å². The van der Waals surface area contributed by atoms with Crippen LogP contribution in [0.3, 0.4) is 0 Å². The summed E-state index contributed by atoms with van der Waals surface area (Å²) in [5.41, 5.74) is 7.26. The van der Waals surface area contributed by atoms with Gasteiger partial charge in [-0.3, -0.25) is 0 Å². The first-order valence-corrected chi connectivity index (χ1v) is 8.37. The maximum Gasteiger partial charge on any atom is 0.148 e. The minimum Gasteiger partial charge on any atom is -0.326 e. The third-order valence-electron chi connectivity index (χ3n) is 2.24. The first kappa shape index (κ1) is 14.5. The van der Waals surface area contributed by atoms with Crippen molar-refractivity contribution in [2.45, 2.75) is 12.3 Å². The molecule has 0 aliphatic carbocycles. The van der Waals surface area contributed by atoms with Crippen molar-refractivity contribution in [2.75, 3.05) is 17.8 Å².